The van der Waals surface area contributed by atoms with E-state index in [9.17, 15) is 0 Å². The fraction of sp³-hybridized carbons (Fsp3) is 0.808. The Morgan fingerprint density at radius 2 is 0.548 bits per heavy atom. The zero-order chi connectivity index (χ0) is 45.4. The van der Waals surface area contributed by atoms with E-state index in [4.69, 9.17) is 28.4 Å². The average molecular weight is 943 g/mol. The Morgan fingerprint density at radius 1 is 0.339 bits per heavy atom. The number of hydrogen-bond acceptors (Lipinski definition) is 6. The maximum absolute atomic E-state index is 5.73. The first-order valence-electron chi connectivity index (χ1n) is 23.4. The SMILES string of the molecule is C1COCC[NH+]2CCOCCOCC[NH+](CCO1)CCOCCOCC2.CC(C)(C)c1cc(C(C)(C)C)c(C(C)(C)C)[cH-]1.CC(C)(C)c1cc(C(C)(C)C)c(C(C)(C)C)[cH-]1.[Co].[K+]. The van der Waals surface area contributed by atoms with Gasteiger partial charge in [0, 0.05) is 16.8 Å². The molecule has 3 heterocycles. The maximum Gasteiger partial charge on any atom is 1.00 e. The molecule has 0 amide bonds. The summed E-state index contributed by atoms with van der Waals surface area (Å²) < 4.78 is 34.4. The van der Waals surface area contributed by atoms with Crippen LogP contribution in [0.3, 0.4) is 0 Å². The van der Waals surface area contributed by atoms with Crippen LogP contribution in [0.25, 0.3) is 0 Å². The summed E-state index contributed by atoms with van der Waals surface area (Å²) >= 11 is 0. The van der Waals surface area contributed by atoms with E-state index in [2.05, 4.69) is 149 Å². The van der Waals surface area contributed by atoms with Crippen molar-refractivity contribution in [3.63, 3.8) is 0 Å². The third-order valence-corrected chi connectivity index (χ3v) is 11.5. The van der Waals surface area contributed by atoms with Gasteiger partial charge in [-0.2, -0.15) is 45.5 Å². The summed E-state index contributed by atoms with van der Waals surface area (Å²) in [5.74, 6) is 0. The van der Waals surface area contributed by atoms with Crippen LogP contribution < -0.4 is 61.2 Å². The van der Waals surface area contributed by atoms with Crippen LogP contribution in [-0.4, -0.2) is 119 Å². The monoisotopic (exact) mass is 943 g/mol. The summed E-state index contributed by atoms with van der Waals surface area (Å²) in [6.07, 6.45) is 0. The molecule has 3 saturated heterocycles. The molecule has 0 saturated carbocycles. The molecule has 3 aliphatic heterocycles. The molecule has 0 spiro atoms. The van der Waals surface area contributed by atoms with Crippen molar-refractivity contribution in [2.24, 2.45) is 0 Å². The molecule has 0 aliphatic carbocycles. The van der Waals surface area contributed by atoms with Gasteiger partial charge in [0.2, 0.25) is 0 Å². The molecule has 3 fully saturated rings. The van der Waals surface area contributed by atoms with Gasteiger partial charge in [-0.25, -0.2) is 12.1 Å². The summed E-state index contributed by atoms with van der Waals surface area (Å²) in [7, 11) is 0. The standard InChI is InChI=1S/C18H36N2O6.2C17H29.Co.K/c1-7-21-13-14-24-10-4-20-5-11-25-17-15-22-8-2-19(1)3-9-23-16-18-26-12-6-20;2*1-15(2,3)12-10-13(16(4,5)6)14(11-12)17(7,8)9;;/h1-18H2;2*10-11H,1-9H3;;/q;2*-1;;+1/p+2. The van der Waals surface area contributed by atoms with Gasteiger partial charge in [0.05, 0.1) is 79.3 Å². The number of fused-ring (bicyclic) bond motifs is 21. The van der Waals surface area contributed by atoms with E-state index in [1.165, 1.54) is 43.2 Å². The van der Waals surface area contributed by atoms with E-state index in [-0.39, 0.29) is 101 Å². The second-order valence-electron chi connectivity index (χ2n) is 23.3. The molecule has 8 nitrogen and oxygen atoms in total. The topological polar surface area (TPSA) is 64.3 Å². The van der Waals surface area contributed by atoms with E-state index < -0.39 is 0 Å². The van der Waals surface area contributed by atoms with Crippen molar-refractivity contribution in [2.45, 2.75) is 157 Å². The molecule has 5 rings (SSSR count). The van der Waals surface area contributed by atoms with Crippen LogP contribution in [0.5, 0.6) is 0 Å². The van der Waals surface area contributed by atoms with Crippen molar-refractivity contribution in [1.82, 2.24) is 0 Å². The summed E-state index contributed by atoms with van der Waals surface area (Å²) in [4.78, 5) is 2.88. The van der Waals surface area contributed by atoms with Crippen molar-refractivity contribution < 1.29 is 106 Å². The van der Waals surface area contributed by atoms with E-state index in [0.29, 0.717) is 39.6 Å². The number of hydrogen-bond donors (Lipinski definition) is 2. The van der Waals surface area contributed by atoms with Crippen LogP contribution in [0.15, 0.2) is 24.3 Å². The van der Waals surface area contributed by atoms with E-state index >= 15 is 0 Å². The third-order valence-electron chi connectivity index (χ3n) is 11.5. The fourth-order valence-electron chi connectivity index (χ4n) is 7.38. The Kier molecular flexibility index (Phi) is 29.0. The normalized spacial score (nSPS) is 20.5. The molecular formula is C52H96CoKN2O6+. The molecule has 2 N–H and O–H groups in total. The Bertz CT molecular complexity index is 1240. The molecule has 0 atom stereocenters. The minimum absolute atomic E-state index is 0. The van der Waals surface area contributed by atoms with Crippen LogP contribution in [0.2, 0.25) is 0 Å². The molecule has 1 radical (unpaired) electrons. The third kappa shape index (κ3) is 24.5. The molecule has 2 aromatic rings. The molecule has 2 bridgehead atoms. The van der Waals surface area contributed by atoms with Gasteiger partial charge in [-0.3, -0.25) is 0 Å². The first kappa shape index (κ1) is 62.5. The molecule has 10 heteroatoms. The summed E-state index contributed by atoms with van der Waals surface area (Å²) in [6.45, 7) is 55.6. The van der Waals surface area contributed by atoms with Gasteiger partial charge >= 0.3 is 51.4 Å². The zero-order valence-corrected chi connectivity index (χ0v) is 48.0. The first-order chi connectivity index (χ1) is 27.6. The second-order valence-corrected chi connectivity index (χ2v) is 23.3. The van der Waals surface area contributed by atoms with E-state index in [1.807, 2.05) is 0 Å². The minimum Gasteiger partial charge on any atom is -0.373 e. The molecule has 2 aromatic carbocycles. The maximum atomic E-state index is 5.73. The van der Waals surface area contributed by atoms with E-state index in [0.717, 1.165) is 78.9 Å². The minimum atomic E-state index is 0. The van der Waals surface area contributed by atoms with Gasteiger partial charge in [0.15, 0.2) is 0 Å². The zero-order valence-electron chi connectivity index (χ0n) is 43.8. The van der Waals surface area contributed by atoms with Gasteiger partial charge in [0.1, 0.15) is 39.3 Å². The van der Waals surface area contributed by atoms with Gasteiger partial charge in [-0.15, -0.1) is 0 Å². The molecular weight excluding hydrogens is 847 g/mol. The van der Waals surface area contributed by atoms with Crippen LogP contribution in [-0.2, 0) is 77.7 Å². The molecule has 0 aromatic heterocycles. The van der Waals surface area contributed by atoms with Gasteiger partial charge in [0.25, 0.3) is 0 Å². The Morgan fingerprint density at radius 3 is 0.694 bits per heavy atom. The van der Waals surface area contributed by atoms with Crippen LogP contribution in [0.4, 0.5) is 0 Å². The molecule has 3 aliphatic rings. The predicted molar refractivity (Wildman–Crippen MR) is 252 cm³/mol. The van der Waals surface area contributed by atoms with Crippen LogP contribution >= 0.6 is 0 Å². The van der Waals surface area contributed by atoms with Crippen molar-refractivity contribution in [2.75, 3.05) is 119 Å². The van der Waals surface area contributed by atoms with Gasteiger partial charge in [-0.05, 0) is 21.7 Å². The van der Waals surface area contributed by atoms with Crippen molar-refractivity contribution >= 4 is 0 Å². The first-order valence-corrected chi connectivity index (χ1v) is 23.4. The summed E-state index contributed by atoms with van der Waals surface area (Å²) in [5.41, 5.74) is 10.4. The van der Waals surface area contributed by atoms with Crippen molar-refractivity contribution in [3.05, 3.63) is 57.6 Å². The van der Waals surface area contributed by atoms with Crippen LogP contribution in [0, 0.1) is 0 Å². The Labute approximate surface area is 435 Å². The molecule has 359 valence electrons. The molecule has 0 unspecified atom stereocenters. The van der Waals surface area contributed by atoms with Crippen LogP contribution in [0.1, 0.15) is 158 Å². The summed E-state index contributed by atoms with van der Waals surface area (Å²) in [6, 6.07) is 9.67. The Balaban J connectivity index is 0.000000918. The smallest absolute Gasteiger partial charge is 0.373 e. The predicted octanol–water partition coefficient (Wildman–Crippen LogP) is 4.48. The van der Waals surface area contributed by atoms with Gasteiger partial charge in [-0.1, -0.05) is 135 Å². The average Bonchev–Trinajstić information content (AvgIpc) is 3.79. The summed E-state index contributed by atoms with van der Waals surface area (Å²) in [5, 5.41) is 0. The largest absolute Gasteiger partial charge is 1.00 e. The fourth-order valence-corrected chi connectivity index (χ4v) is 7.38. The number of rotatable bonds is 0. The van der Waals surface area contributed by atoms with Crippen molar-refractivity contribution in [1.29, 1.82) is 0 Å². The number of nitrogens with one attached hydrogen (secondary N) is 2. The van der Waals surface area contributed by atoms with Gasteiger partial charge < -0.3 is 38.2 Å². The van der Waals surface area contributed by atoms with Crippen molar-refractivity contribution in [3.8, 4) is 0 Å². The quantitative estimate of drug-likeness (QED) is 0.301. The number of quaternary nitrogens is 2. The molecule has 62 heavy (non-hydrogen) atoms. The van der Waals surface area contributed by atoms with E-state index in [1.54, 1.807) is 0 Å². The Hall–Kier alpha value is 0.523. The second kappa shape index (κ2) is 28.8. The number of ether oxygens (including phenoxy) is 6.